The van der Waals surface area contributed by atoms with Crippen LogP contribution in [-0.4, -0.2) is 11.1 Å². The highest BCUT2D eigenvalue weighted by Crippen LogP contribution is 1.81. The predicted molar refractivity (Wildman–Crippen MR) is 38.0 cm³/mol. The lowest BCUT2D eigenvalue weighted by atomic mass is 10.4. The lowest BCUT2D eigenvalue weighted by Crippen LogP contribution is -1.92. The Bertz CT molecular complexity index is 102. The van der Waals surface area contributed by atoms with E-state index in [-0.39, 0.29) is 5.57 Å². The first-order valence-corrected chi connectivity index (χ1v) is 2.35. The molecule has 0 heterocycles. The van der Waals surface area contributed by atoms with E-state index in [4.69, 9.17) is 5.11 Å². The molecule has 1 N–H and O–H groups in total. The summed E-state index contributed by atoms with van der Waals surface area (Å²) in [4.78, 5) is 9.60. The molecule has 0 aromatic rings. The monoisotopic (exact) mass is 127 g/mol. The summed E-state index contributed by atoms with van der Waals surface area (Å²) in [6.07, 6.45) is 1.50. The highest BCUT2D eigenvalue weighted by Gasteiger charge is 1.90. The van der Waals surface area contributed by atoms with Crippen molar-refractivity contribution in [2.45, 2.75) is 6.92 Å². The van der Waals surface area contributed by atoms with Gasteiger partial charge in [-0.05, 0) is 13.8 Å². The Morgan fingerprint density at radius 3 is 1.78 bits per heavy atom. The van der Waals surface area contributed by atoms with Crippen LogP contribution in [0.4, 0.5) is 0 Å². The Morgan fingerprint density at radius 1 is 1.67 bits per heavy atom. The summed E-state index contributed by atoms with van der Waals surface area (Å²) in [5.41, 5.74) is 0.176. The van der Waals surface area contributed by atoms with Crippen LogP contribution in [0.5, 0.6) is 0 Å². The molecule has 0 amide bonds. The second kappa shape index (κ2) is 6.95. The van der Waals surface area contributed by atoms with Crippen LogP contribution in [0.1, 0.15) is 6.92 Å². The maximum atomic E-state index is 9.60. The largest absolute Gasteiger partial charge is 0.478 e. The van der Waals surface area contributed by atoms with Crippen LogP contribution < -0.4 is 0 Å². The Kier molecular flexibility index (Phi) is 8.38. The van der Waals surface area contributed by atoms with Crippen LogP contribution >= 0.6 is 0 Å². The van der Waals surface area contributed by atoms with E-state index in [1.165, 1.54) is 13.0 Å². The molecule has 0 atom stereocenters. The molecular weight excluding hydrogens is 116 g/mol. The molecule has 0 bridgehead atoms. The number of allylic oxidation sites excluding steroid dienone is 1. The normalized spacial score (nSPS) is 6.44. The molecule has 0 spiro atoms. The standard InChI is InChI=1S/C4H6O2.C3H5/c1-3(2)4(5)6;1-3-2/h1H2,2H3,(H,5,6);3H,1-2H2. The molecule has 0 saturated heterocycles. The van der Waals surface area contributed by atoms with Gasteiger partial charge in [-0.3, -0.25) is 0 Å². The molecule has 0 aliphatic carbocycles. The van der Waals surface area contributed by atoms with Gasteiger partial charge in [0.2, 0.25) is 0 Å². The van der Waals surface area contributed by atoms with Crippen LogP contribution in [0.2, 0.25) is 0 Å². The zero-order valence-electron chi connectivity index (χ0n) is 5.55. The van der Waals surface area contributed by atoms with Gasteiger partial charge < -0.3 is 5.11 Å². The van der Waals surface area contributed by atoms with Gasteiger partial charge in [-0.2, -0.15) is 0 Å². The van der Waals surface area contributed by atoms with Crippen LogP contribution in [0.15, 0.2) is 24.8 Å². The van der Waals surface area contributed by atoms with Crippen molar-refractivity contribution in [3.8, 4) is 0 Å². The molecule has 0 fully saturated rings. The van der Waals surface area contributed by atoms with Crippen LogP contribution in [-0.2, 0) is 4.79 Å². The highest BCUT2D eigenvalue weighted by atomic mass is 16.4. The second-order valence-electron chi connectivity index (χ2n) is 1.37. The van der Waals surface area contributed by atoms with Crippen molar-refractivity contribution in [2.75, 3.05) is 0 Å². The third kappa shape index (κ3) is 19.6. The van der Waals surface area contributed by atoms with Gasteiger partial charge in [0.25, 0.3) is 0 Å². The quantitative estimate of drug-likeness (QED) is 0.544. The fourth-order valence-electron chi connectivity index (χ4n) is 0. The van der Waals surface area contributed by atoms with Crippen molar-refractivity contribution in [3.63, 3.8) is 0 Å². The molecule has 0 aromatic heterocycles. The Hall–Kier alpha value is -1.05. The van der Waals surface area contributed by atoms with Gasteiger partial charge in [0.05, 0.1) is 0 Å². The zero-order chi connectivity index (χ0) is 7.86. The van der Waals surface area contributed by atoms with Crippen LogP contribution in [0.3, 0.4) is 0 Å². The number of aliphatic carboxylic acids is 1. The fraction of sp³-hybridized carbons (Fsp3) is 0.143. The number of carbonyl (C=O) groups is 1. The lowest BCUT2D eigenvalue weighted by molar-refractivity contribution is -0.132. The minimum Gasteiger partial charge on any atom is -0.478 e. The molecule has 51 valence electrons. The summed E-state index contributed by atoms with van der Waals surface area (Å²) in [6, 6.07) is 0. The Labute approximate surface area is 55.5 Å². The van der Waals surface area contributed by atoms with Crippen molar-refractivity contribution in [1.82, 2.24) is 0 Å². The van der Waals surface area contributed by atoms with Crippen LogP contribution in [0.25, 0.3) is 0 Å². The topological polar surface area (TPSA) is 37.3 Å². The SMILES string of the molecule is C=C(C)C(=O)O.[CH2]C=C. The summed E-state index contributed by atoms with van der Waals surface area (Å²) in [5.74, 6) is -0.935. The molecule has 0 aliphatic rings. The van der Waals surface area contributed by atoms with Gasteiger partial charge in [-0.25, -0.2) is 4.79 Å². The van der Waals surface area contributed by atoms with E-state index < -0.39 is 5.97 Å². The molecule has 9 heavy (non-hydrogen) atoms. The molecule has 0 rings (SSSR count). The van der Waals surface area contributed by atoms with Gasteiger partial charge in [0, 0.05) is 5.57 Å². The zero-order valence-corrected chi connectivity index (χ0v) is 5.55. The first-order valence-electron chi connectivity index (χ1n) is 2.35. The first kappa shape index (κ1) is 10.8. The first-order chi connectivity index (χ1) is 4.06. The van der Waals surface area contributed by atoms with E-state index in [1.807, 2.05) is 0 Å². The number of carboxylic acid groups (broad SMARTS) is 1. The number of rotatable bonds is 1. The van der Waals surface area contributed by atoms with Crippen molar-refractivity contribution in [1.29, 1.82) is 0 Å². The third-order valence-corrected chi connectivity index (χ3v) is 0.365. The van der Waals surface area contributed by atoms with Crippen molar-refractivity contribution >= 4 is 5.97 Å². The van der Waals surface area contributed by atoms with Gasteiger partial charge in [-0.15, -0.1) is 6.58 Å². The average molecular weight is 127 g/mol. The predicted octanol–water partition coefficient (Wildman–Crippen LogP) is 1.65. The average Bonchev–Trinajstić information content (AvgIpc) is 1.68. The van der Waals surface area contributed by atoms with E-state index in [1.54, 1.807) is 0 Å². The summed E-state index contributed by atoms with van der Waals surface area (Å²) in [6.45, 7) is 11.1. The van der Waals surface area contributed by atoms with Crippen molar-refractivity contribution in [2.24, 2.45) is 0 Å². The maximum absolute atomic E-state index is 9.60. The van der Waals surface area contributed by atoms with E-state index in [0.717, 1.165) is 0 Å². The Morgan fingerprint density at radius 2 is 1.78 bits per heavy atom. The van der Waals surface area contributed by atoms with E-state index in [0.29, 0.717) is 0 Å². The number of hydrogen-bond acceptors (Lipinski definition) is 1. The summed E-state index contributed by atoms with van der Waals surface area (Å²) >= 11 is 0. The van der Waals surface area contributed by atoms with Crippen molar-refractivity contribution in [3.05, 3.63) is 31.7 Å². The van der Waals surface area contributed by atoms with E-state index in [2.05, 4.69) is 20.1 Å². The number of carboxylic acids is 1. The fourth-order valence-corrected chi connectivity index (χ4v) is 0. The Balaban J connectivity index is 0. The minimum atomic E-state index is -0.935. The molecule has 0 unspecified atom stereocenters. The molecule has 2 heteroatoms. The van der Waals surface area contributed by atoms with E-state index in [9.17, 15) is 4.79 Å². The van der Waals surface area contributed by atoms with E-state index >= 15 is 0 Å². The molecule has 1 radical (unpaired) electrons. The molecule has 0 aromatic carbocycles. The molecule has 0 saturated carbocycles. The summed E-state index contributed by atoms with van der Waals surface area (Å²) in [7, 11) is 0. The molecular formula is C7H11O2. The van der Waals surface area contributed by atoms with Gasteiger partial charge in [-0.1, -0.05) is 12.7 Å². The summed E-state index contributed by atoms with van der Waals surface area (Å²) < 4.78 is 0. The third-order valence-electron chi connectivity index (χ3n) is 0.365. The second-order valence-corrected chi connectivity index (χ2v) is 1.37. The maximum Gasteiger partial charge on any atom is 0.330 e. The van der Waals surface area contributed by atoms with Crippen LogP contribution in [0, 0.1) is 6.92 Å². The summed E-state index contributed by atoms with van der Waals surface area (Å²) in [5, 5.41) is 7.89. The smallest absolute Gasteiger partial charge is 0.330 e. The van der Waals surface area contributed by atoms with Crippen molar-refractivity contribution < 1.29 is 9.90 Å². The van der Waals surface area contributed by atoms with Gasteiger partial charge in [0.15, 0.2) is 0 Å². The van der Waals surface area contributed by atoms with Gasteiger partial charge in [0.1, 0.15) is 0 Å². The lowest BCUT2D eigenvalue weighted by Gasteiger charge is -1.79. The molecule has 2 nitrogen and oxygen atoms in total. The highest BCUT2D eigenvalue weighted by molar-refractivity contribution is 5.84. The molecule has 0 aliphatic heterocycles. The van der Waals surface area contributed by atoms with Gasteiger partial charge >= 0.3 is 5.97 Å². The number of hydrogen-bond donors (Lipinski definition) is 1. The minimum absolute atomic E-state index is 0.176.